The highest BCUT2D eigenvalue weighted by Gasteiger charge is 2.27. The summed E-state index contributed by atoms with van der Waals surface area (Å²) in [6, 6.07) is 8.92. The topological polar surface area (TPSA) is 12.0 Å². The molecule has 0 saturated heterocycles. The van der Waals surface area contributed by atoms with Crippen LogP contribution in [0.1, 0.15) is 31.9 Å². The van der Waals surface area contributed by atoms with E-state index in [2.05, 4.69) is 57.3 Å². The number of hydrogen-bond donors (Lipinski definition) is 1. The highest BCUT2D eigenvalue weighted by atomic mass is 14.8. The zero-order valence-electron chi connectivity index (χ0n) is 11.3. The van der Waals surface area contributed by atoms with E-state index in [-0.39, 0.29) is 0 Å². The lowest BCUT2D eigenvalue weighted by atomic mass is 9.74. The number of nitrogens with one attached hydrogen (secondary N) is 1. The minimum Gasteiger partial charge on any atom is -0.319 e. The SMILES string of the molecule is CNCC(C)(Cc1ccc(C)cc1)C(C)C. The van der Waals surface area contributed by atoms with E-state index < -0.39 is 0 Å². The molecule has 0 spiro atoms. The van der Waals surface area contributed by atoms with Crippen molar-refractivity contribution in [2.45, 2.75) is 34.1 Å². The van der Waals surface area contributed by atoms with E-state index in [0.29, 0.717) is 11.3 Å². The van der Waals surface area contributed by atoms with Crippen LogP contribution in [0, 0.1) is 18.3 Å². The first-order valence-electron chi connectivity index (χ1n) is 6.18. The quantitative estimate of drug-likeness (QED) is 0.800. The number of benzene rings is 1. The second-order valence-electron chi connectivity index (χ2n) is 5.50. The van der Waals surface area contributed by atoms with E-state index in [1.54, 1.807) is 0 Å². The first-order chi connectivity index (χ1) is 7.48. The Labute approximate surface area is 100 Å². The number of aryl methyl sites for hydroxylation is 1. The fraction of sp³-hybridized carbons (Fsp3) is 0.600. The van der Waals surface area contributed by atoms with Crippen LogP contribution in [0.3, 0.4) is 0 Å². The van der Waals surface area contributed by atoms with Crippen LogP contribution in [-0.4, -0.2) is 13.6 Å². The minimum absolute atomic E-state index is 0.337. The van der Waals surface area contributed by atoms with Gasteiger partial charge >= 0.3 is 0 Å². The van der Waals surface area contributed by atoms with Gasteiger partial charge in [0.2, 0.25) is 0 Å². The summed E-state index contributed by atoms with van der Waals surface area (Å²) in [5.41, 5.74) is 3.12. The molecule has 0 aromatic heterocycles. The summed E-state index contributed by atoms with van der Waals surface area (Å²) in [5, 5.41) is 3.32. The molecule has 0 aliphatic rings. The van der Waals surface area contributed by atoms with Crippen molar-refractivity contribution in [3.8, 4) is 0 Å². The molecule has 0 radical (unpaired) electrons. The van der Waals surface area contributed by atoms with Crippen molar-refractivity contribution in [1.82, 2.24) is 5.32 Å². The summed E-state index contributed by atoms with van der Waals surface area (Å²) in [6.45, 7) is 10.2. The van der Waals surface area contributed by atoms with Crippen LogP contribution < -0.4 is 5.32 Å². The zero-order valence-corrected chi connectivity index (χ0v) is 11.3. The molecule has 1 rings (SSSR count). The van der Waals surface area contributed by atoms with Crippen LogP contribution in [0.2, 0.25) is 0 Å². The Kier molecular flexibility index (Phi) is 4.55. The maximum atomic E-state index is 3.32. The van der Waals surface area contributed by atoms with E-state index in [1.165, 1.54) is 11.1 Å². The molecule has 1 N–H and O–H groups in total. The van der Waals surface area contributed by atoms with E-state index in [9.17, 15) is 0 Å². The Morgan fingerprint density at radius 3 is 2.19 bits per heavy atom. The molecule has 0 amide bonds. The lowest BCUT2D eigenvalue weighted by Gasteiger charge is -2.34. The molecule has 0 aliphatic heterocycles. The molecule has 90 valence electrons. The summed E-state index contributed by atoms with van der Waals surface area (Å²) in [5.74, 6) is 0.682. The van der Waals surface area contributed by atoms with Gasteiger partial charge < -0.3 is 5.32 Å². The maximum absolute atomic E-state index is 3.32. The molecule has 1 unspecified atom stereocenters. The fourth-order valence-electron chi connectivity index (χ4n) is 2.05. The molecule has 1 aromatic carbocycles. The van der Waals surface area contributed by atoms with Crippen LogP contribution in [0.15, 0.2) is 24.3 Å². The normalized spacial score (nSPS) is 15.1. The Morgan fingerprint density at radius 2 is 1.75 bits per heavy atom. The Hall–Kier alpha value is -0.820. The van der Waals surface area contributed by atoms with Crippen molar-refractivity contribution in [2.24, 2.45) is 11.3 Å². The van der Waals surface area contributed by atoms with E-state index in [4.69, 9.17) is 0 Å². The van der Waals surface area contributed by atoms with Crippen molar-refractivity contribution in [3.63, 3.8) is 0 Å². The van der Waals surface area contributed by atoms with Gasteiger partial charge in [-0.25, -0.2) is 0 Å². The molecular formula is C15H25N. The molecule has 1 aromatic rings. The van der Waals surface area contributed by atoms with Gasteiger partial charge in [-0.15, -0.1) is 0 Å². The molecular weight excluding hydrogens is 194 g/mol. The smallest absolute Gasteiger partial charge is 0.000780 e. The minimum atomic E-state index is 0.337. The first kappa shape index (κ1) is 13.2. The Morgan fingerprint density at radius 1 is 1.19 bits per heavy atom. The predicted molar refractivity (Wildman–Crippen MR) is 71.8 cm³/mol. The predicted octanol–water partition coefficient (Wildman–Crippen LogP) is 3.42. The van der Waals surface area contributed by atoms with Gasteiger partial charge in [-0.1, -0.05) is 50.6 Å². The monoisotopic (exact) mass is 219 g/mol. The zero-order chi connectivity index (χ0) is 12.2. The third-order valence-electron chi connectivity index (χ3n) is 3.70. The van der Waals surface area contributed by atoms with Crippen LogP contribution in [0.4, 0.5) is 0 Å². The van der Waals surface area contributed by atoms with E-state index in [0.717, 1.165) is 13.0 Å². The van der Waals surface area contributed by atoms with Crippen molar-refractivity contribution >= 4 is 0 Å². The van der Waals surface area contributed by atoms with Gasteiger partial charge in [-0.05, 0) is 37.3 Å². The molecule has 1 heteroatoms. The highest BCUT2D eigenvalue weighted by Crippen LogP contribution is 2.30. The lowest BCUT2D eigenvalue weighted by Crippen LogP contribution is -2.36. The third kappa shape index (κ3) is 3.34. The first-order valence-corrected chi connectivity index (χ1v) is 6.18. The summed E-state index contributed by atoms with van der Waals surface area (Å²) in [6.07, 6.45) is 1.14. The van der Waals surface area contributed by atoms with Crippen LogP contribution in [0.25, 0.3) is 0 Å². The van der Waals surface area contributed by atoms with E-state index >= 15 is 0 Å². The molecule has 1 nitrogen and oxygen atoms in total. The standard InChI is InChI=1S/C15H25N/c1-12(2)15(4,11-16-5)10-14-8-6-13(3)7-9-14/h6-9,12,16H,10-11H2,1-5H3. The number of rotatable bonds is 5. The van der Waals surface area contributed by atoms with Gasteiger partial charge in [0, 0.05) is 6.54 Å². The highest BCUT2D eigenvalue weighted by molar-refractivity contribution is 5.22. The van der Waals surface area contributed by atoms with Gasteiger partial charge in [0.25, 0.3) is 0 Å². The fourth-order valence-corrected chi connectivity index (χ4v) is 2.05. The molecule has 0 fully saturated rings. The summed E-state index contributed by atoms with van der Waals surface area (Å²) >= 11 is 0. The maximum Gasteiger partial charge on any atom is 0.000780 e. The second-order valence-corrected chi connectivity index (χ2v) is 5.50. The molecule has 0 heterocycles. The molecule has 1 atom stereocenters. The average molecular weight is 219 g/mol. The van der Waals surface area contributed by atoms with Crippen molar-refractivity contribution in [1.29, 1.82) is 0 Å². The van der Waals surface area contributed by atoms with Gasteiger partial charge in [0.15, 0.2) is 0 Å². The van der Waals surface area contributed by atoms with Gasteiger partial charge in [0.1, 0.15) is 0 Å². The van der Waals surface area contributed by atoms with Crippen molar-refractivity contribution < 1.29 is 0 Å². The second kappa shape index (κ2) is 5.49. The summed E-state index contributed by atoms with van der Waals surface area (Å²) in [4.78, 5) is 0. The van der Waals surface area contributed by atoms with Crippen LogP contribution in [0.5, 0.6) is 0 Å². The van der Waals surface area contributed by atoms with Gasteiger partial charge in [-0.3, -0.25) is 0 Å². The third-order valence-corrected chi connectivity index (χ3v) is 3.70. The summed E-state index contributed by atoms with van der Waals surface area (Å²) < 4.78 is 0. The number of hydrogen-bond acceptors (Lipinski definition) is 1. The van der Waals surface area contributed by atoms with E-state index in [1.807, 2.05) is 7.05 Å². The summed E-state index contributed by atoms with van der Waals surface area (Å²) in [7, 11) is 2.04. The van der Waals surface area contributed by atoms with Crippen LogP contribution in [-0.2, 0) is 6.42 Å². The Balaban J connectivity index is 2.79. The van der Waals surface area contributed by atoms with Crippen molar-refractivity contribution in [2.75, 3.05) is 13.6 Å². The Bertz CT molecular complexity index is 313. The molecule has 0 saturated carbocycles. The molecule has 16 heavy (non-hydrogen) atoms. The lowest BCUT2D eigenvalue weighted by molar-refractivity contribution is 0.212. The van der Waals surface area contributed by atoms with Crippen molar-refractivity contribution in [3.05, 3.63) is 35.4 Å². The van der Waals surface area contributed by atoms with Gasteiger partial charge in [0.05, 0.1) is 0 Å². The average Bonchev–Trinajstić information content (AvgIpc) is 2.22. The van der Waals surface area contributed by atoms with Crippen LogP contribution >= 0.6 is 0 Å². The molecule has 0 aliphatic carbocycles. The van der Waals surface area contributed by atoms with Gasteiger partial charge in [-0.2, -0.15) is 0 Å². The largest absolute Gasteiger partial charge is 0.319 e. The molecule has 0 bridgehead atoms.